The van der Waals surface area contributed by atoms with Crippen LogP contribution in [-0.4, -0.2) is 39.4 Å². The highest BCUT2D eigenvalue weighted by Crippen LogP contribution is 2.25. The van der Waals surface area contributed by atoms with Crippen LogP contribution in [0.2, 0.25) is 0 Å². The minimum atomic E-state index is -3.75. The quantitative estimate of drug-likeness (QED) is 0.590. The molecule has 0 spiro atoms. The molecule has 9 heteroatoms. The highest BCUT2D eigenvalue weighted by Gasteiger charge is 2.32. The number of sulfonamides is 1. The Labute approximate surface area is 184 Å². The van der Waals surface area contributed by atoms with Gasteiger partial charge in [-0.3, -0.25) is 4.79 Å². The molecule has 160 valence electrons. The largest absolute Gasteiger partial charge is 0.497 e. The Balaban J connectivity index is 1.41. The standard InChI is InChI=1S/C22H21N3O4S2/c1-29-19-4-2-16-3-5-21(10-18(16)9-19)31(27,28)24-12-17-6-7-25(22(17)26)13-20-8-15(11-23)14-30-20/h2-5,8-10,14,17,24H,6-7,12-13H2,1H3/t17-/m0/s1. The Morgan fingerprint density at radius 3 is 2.77 bits per heavy atom. The van der Waals surface area contributed by atoms with Crippen molar-refractivity contribution in [2.75, 3.05) is 20.2 Å². The van der Waals surface area contributed by atoms with Crippen LogP contribution in [0.5, 0.6) is 5.75 Å². The maximum atomic E-state index is 12.8. The predicted octanol–water partition coefficient (Wildman–Crippen LogP) is 3.11. The zero-order chi connectivity index (χ0) is 22.0. The van der Waals surface area contributed by atoms with Crippen molar-refractivity contribution >= 4 is 38.0 Å². The van der Waals surface area contributed by atoms with Crippen molar-refractivity contribution in [3.05, 3.63) is 58.3 Å². The van der Waals surface area contributed by atoms with E-state index in [1.165, 1.54) is 11.3 Å². The molecule has 2 heterocycles. The fourth-order valence-electron chi connectivity index (χ4n) is 3.65. The lowest BCUT2D eigenvalue weighted by Crippen LogP contribution is -2.34. The maximum Gasteiger partial charge on any atom is 0.240 e. The van der Waals surface area contributed by atoms with Gasteiger partial charge in [-0.25, -0.2) is 13.1 Å². The lowest BCUT2D eigenvalue weighted by Gasteiger charge is -2.16. The van der Waals surface area contributed by atoms with E-state index in [1.807, 2.05) is 12.1 Å². The van der Waals surface area contributed by atoms with Crippen LogP contribution in [0.1, 0.15) is 16.9 Å². The Kier molecular flexibility index (Phi) is 5.96. The minimum absolute atomic E-state index is 0.0572. The van der Waals surface area contributed by atoms with Crippen LogP contribution in [0.3, 0.4) is 0 Å². The Morgan fingerprint density at radius 2 is 2.03 bits per heavy atom. The first kappa shape index (κ1) is 21.3. The van der Waals surface area contributed by atoms with Gasteiger partial charge in [-0.2, -0.15) is 5.26 Å². The Bertz CT molecular complexity index is 1280. The third kappa shape index (κ3) is 4.56. The summed E-state index contributed by atoms with van der Waals surface area (Å²) in [5, 5.41) is 12.4. The van der Waals surface area contributed by atoms with Gasteiger partial charge < -0.3 is 9.64 Å². The maximum absolute atomic E-state index is 12.8. The van der Waals surface area contributed by atoms with Gasteiger partial charge in [-0.1, -0.05) is 12.1 Å². The van der Waals surface area contributed by atoms with Crippen LogP contribution >= 0.6 is 11.3 Å². The number of benzene rings is 2. The summed E-state index contributed by atoms with van der Waals surface area (Å²) in [7, 11) is -2.19. The topological polar surface area (TPSA) is 99.5 Å². The molecule has 1 fully saturated rings. The van der Waals surface area contributed by atoms with Crippen molar-refractivity contribution in [3.63, 3.8) is 0 Å². The number of carbonyl (C=O) groups excluding carboxylic acids is 1. The average molecular weight is 456 g/mol. The molecule has 1 aromatic heterocycles. The number of amides is 1. The van der Waals surface area contributed by atoms with Crippen molar-refractivity contribution in [1.29, 1.82) is 5.26 Å². The highest BCUT2D eigenvalue weighted by molar-refractivity contribution is 7.89. The molecule has 1 aliphatic heterocycles. The van der Waals surface area contributed by atoms with Crippen molar-refractivity contribution in [3.8, 4) is 11.8 Å². The van der Waals surface area contributed by atoms with Gasteiger partial charge in [0, 0.05) is 23.3 Å². The normalized spacial score (nSPS) is 16.6. The summed E-state index contributed by atoms with van der Waals surface area (Å²) < 4.78 is 33.4. The van der Waals surface area contributed by atoms with E-state index < -0.39 is 15.9 Å². The number of ether oxygens (including phenoxy) is 1. The number of nitrogens with one attached hydrogen (secondary N) is 1. The number of nitrogens with zero attached hydrogens (tertiary/aromatic N) is 2. The number of likely N-dealkylation sites (tertiary alicyclic amines) is 1. The fourth-order valence-corrected chi connectivity index (χ4v) is 5.59. The molecule has 31 heavy (non-hydrogen) atoms. The molecule has 0 unspecified atom stereocenters. The first-order chi connectivity index (χ1) is 14.9. The lowest BCUT2D eigenvalue weighted by molar-refractivity contribution is -0.131. The number of nitriles is 1. The van der Waals surface area contributed by atoms with Crippen LogP contribution in [-0.2, 0) is 21.4 Å². The number of thiophene rings is 1. The van der Waals surface area contributed by atoms with E-state index in [9.17, 15) is 13.2 Å². The van der Waals surface area contributed by atoms with Gasteiger partial charge in [0.25, 0.3) is 0 Å². The Hall–Kier alpha value is -2.93. The summed E-state index contributed by atoms with van der Waals surface area (Å²) in [6.07, 6.45) is 0.590. The summed E-state index contributed by atoms with van der Waals surface area (Å²) >= 11 is 1.45. The van der Waals surface area contributed by atoms with Crippen LogP contribution in [0.15, 0.2) is 52.7 Å². The summed E-state index contributed by atoms with van der Waals surface area (Å²) in [6, 6.07) is 14.3. The zero-order valence-corrected chi connectivity index (χ0v) is 18.5. The molecular weight excluding hydrogens is 434 g/mol. The van der Waals surface area contributed by atoms with Crippen LogP contribution in [0.25, 0.3) is 10.8 Å². The molecule has 1 amide bonds. The number of methoxy groups -OCH3 is 1. The third-order valence-corrected chi connectivity index (χ3v) is 7.73. The Morgan fingerprint density at radius 1 is 1.23 bits per heavy atom. The molecular formula is C22H21N3O4S2. The summed E-state index contributed by atoms with van der Waals surface area (Å²) in [5.74, 6) is 0.183. The predicted molar refractivity (Wildman–Crippen MR) is 118 cm³/mol. The molecule has 0 saturated carbocycles. The first-order valence-electron chi connectivity index (χ1n) is 9.73. The number of fused-ring (bicyclic) bond motifs is 1. The van der Waals surface area contributed by atoms with E-state index in [-0.39, 0.29) is 17.3 Å². The smallest absolute Gasteiger partial charge is 0.240 e. The molecule has 1 atom stereocenters. The van der Waals surface area contributed by atoms with Crippen molar-refractivity contribution < 1.29 is 17.9 Å². The first-order valence-corrected chi connectivity index (χ1v) is 12.1. The van der Waals surface area contributed by atoms with Crippen LogP contribution < -0.4 is 9.46 Å². The van der Waals surface area contributed by atoms with Gasteiger partial charge >= 0.3 is 0 Å². The van der Waals surface area contributed by atoms with Gasteiger partial charge in [0.15, 0.2) is 0 Å². The van der Waals surface area contributed by atoms with Crippen LogP contribution in [0.4, 0.5) is 0 Å². The number of carbonyl (C=O) groups is 1. The van der Waals surface area contributed by atoms with Gasteiger partial charge in [0.05, 0.1) is 30.0 Å². The SMILES string of the molecule is COc1ccc2ccc(S(=O)(=O)NC[C@@H]3CCN(Cc4cc(C#N)cs4)C3=O)cc2c1. The molecule has 0 aliphatic carbocycles. The van der Waals surface area contributed by atoms with Crippen molar-refractivity contribution in [2.45, 2.75) is 17.9 Å². The molecule has 3 aromatic rings. The molecule has 0 bridgehead atoms. The van der Waals surface area contributed by atoms with E-state index in [0.717, 1.165) is 15.6 Å². The second kappa shape index (κ2) is 8.67. The van der Waals surface area contributed by atoms with Crippen molar-refractivity contribution in [1.82, 2.24) is 9.62 Å². The summed E-state index contributed by atoms with van der Waals surface area (Å²) in [4.78, 5) is 15.5. The second-order valence-corrected chi connectivity index (χ2v) is 10.1. The highest BCUT2D eigenvalue weighted by atomic mass is 32.2. The molecule has 7 nitrogen and oxygen atoms in total. The summed E-state index contributed by atoms with van der Waals surface area (Å²) in [5.41, 5.74) is 0.587. The number of hydrogen-bond acceptors (Lipinski definition) is 6. The van der Waals surface area contributed by atoms with E-state index in [1.54, 1.807) is 47.7 Å². The van der Waals surface area contributed by atoms with Gasteiger partial charge in [0.1, 0.15) is 11.8 Å². The van der Waals surface area contributed by atoms with Crippen molar-refractivity contribution in [2.24, 2.45) is 5.92 Å². The molecule has 1 aliphatic rings. The minimum Gasteiger partial charge on any atom is -0.497 e. The third-order valence-electron chi connectivity index (χ3n) is 5.39. The number of rotatable bonds is 7. The van der Waals surface area contributed by atoms with Gasteiger partial charge in [-0.05, 0) is 47.5 Å². The average Bonchev–Trinajstić information content (AvgIpc) is 3.38. The molecule has 0 radical (unpaired) electrons. The number of hydrogen-bond donors (Lipinski definition) is 1. The molecule has 4 rings (SSSR count). The monoisotopic (exact) mass is 455 g/mol. The lowest BCUT2D eigenvalue weighted by atomic mass is 10.1. The van der Waals surface area contributed by atoms with Gasteiger partial charge in [0.2, 0.25) is 15.9 Å². The zero-order valence-electron chi connectivity index (χ0n) is 16.9. The fraction of sp³-hybridized carbons (Fsp3) is 0.273. The van der Waals surface area contributed by atoms with Crippen LogP contribution in [0, 0.1) is 17.2 Å². The van der Waals surface area contributed by atoms with E-state index in [2.05, 4.69) is 10.8 Å². The van der Waals surface area contributed by atoms with Gasteiger partial charge in [-0.15, -0.1) is 11.3 Å². The van der Waals surface area contributed by atoms with E-state index >= 15 is 0 Å². The molecule has 1 N–H and O–H groups in total. The van der Waals surface area contributed by atoms with E-state index in [4.69, 9.17) is 10.00 Å². The second-order valence-electron chi connectivity index (χ2n) is 7.39. The molecule has 2 aromatic carbocycles. The molecule has 1 saturated heterocycles. The van der Waals surface area contributed by atoms with E-state index in [0.29, 0.717) is 30.8 Å². The summed E-state index contributed by atoms with van der Waals surface area (Å²) in [6.45, 7) is 1.07.